The highest BCUT2D eigenvalue weighted by molar-refractivity contribution is 5.42. The Kier molecular flexibility index (Phi) is 2.41. The lowest BCUT2D eigenvalue weighted by molar-refractivity contribution is 0.379. The van der Waals surface area contributed by atoms with Gasteiger partial charge in [-0.25, -0.2) is 4.52 Å². The van der Waals surface area contributed by atoms with Crippen LogP contribution in [0.5, 0.6) is 0 Å². The molecule has 0 atom stereocenters. The summed E-state index contributed by atoms with van der Waals surface area (Å²) in [7, 11) is 0. The maximum absolute atomic E-state index is 4.88. The predicted molar refractivity (Wildman–Crippen MR) is 59.5 cm³/mol. The fourth-order valence-electron chi connectivity index (χ4n) is 1.49. The van der Waals surface area contributed by atoms with Gasteiger partial charge in [0.25, 0.3) is 0 Å². The van der Waals surface area contributed by atoms with E-state index >= 15 is 0 Å². The van der Waals surface area contributed by atoms with E-state index in [2.05, 4.69) is 25.5 Å². The number of fused-ring (bicyclic) bond motifs is 1. The van der Waals surface area contributed by atoms with E-state index in [4.69, 9.17) is 4.52 Å². The first-order chi connectivity index (χ1) is 8.42. The third kappa shape index (κ3) is 2.07. The van der Waals surface area contributed by atoms with Gasteiger partial charge in [-0.2, -0.15) is 9.97 Å². The lowest BCUT2D eigenvalue weighted by atomic mass is 10.4. The van der Waals surface area contributed by atoms with Gasteiger partial charge in [0.1, 0.15) is 0 Å². The molecule has 7 nitrogen and oxygen atoms in total. The molecule has 0 bridgehead atoms. The predicted octanol–water partition coefficient (Wildman–Crippen LogP) is 0.767. The van der Waals surface area contributed by atoms with E-state index in [-0.39, 0.29) is 0 Å². The molecule has 86 valence electrons. The van der Waals surface area contributed by atoms with Crippen LogP contribution in [0.2, 0.25) is 0 Å². The lowest BCUT2D eigenvalue weighted by Gasteiger charge is -1.96. The molecule has 3 aromatic rings. The molecule has 0 unspecified atom stereocenters. The second kappa shape index (κ2) is 4.20. The Morgan fingerprint density at radius 1 is 1.35 bits per heavy atom. The average Bonchev–Trinajstić information content (AvgIpc) is 2.96. The Hall–Kier alpha value is -2.44. The largest absolute Gasteiger partial charge is 0.352 e. The molecule has 3 heterocycles. The summed E-state index contributed by atoms with van der Waals surface area (Å²) < 4.78 is 6.60. The molecule has 1 N–H and O–H groups in total. The number of hydrogen-bond donors (Lipinski definition) is 1. The van der Waals surface area contributed by atoms with Crippen LogP contribution < -0.4 is 5.32 Å². The van der Waals surface area contributed by atoms with E-state index in [1.54, 1.807) is 4.52 Å². The highest BCUT2D eigenvalue weighted by Gasteiger charge is 2.03. The van der Waals surface area contributed by atoms with Crippen LogP contribution in [0.15, 0.2) is 35.2 Å². The van der Waals surface area contributed by atoms with E-state index in [1.807, 2.05) is 24.4 Å². The molecule has 0 amide bonds. The molecule has 0 radical (unpaired) electrons. The van der Waals surface area contributed by atoms with Gasteiger partial charge in [-0.15, -0.1) is 5.10 Å². The quantitative estimate of drug-likeness (QED) is 0.712. The number of anilines is 1. The standard InChI is InChI=1S/C10H10N6O/c1-2-6-16-8(3-1)14-10(15-16)11-5-4-9-12-7-13-17-9/h1-3,6-7H,4-5H2,(H,11,15). The first-order valence-electron chi connectivity index (χ1n) is 5.23. The summed E-state index contributed by atoms with van der Waals surface area (Å²) in [6.45, 7) is 0.652. The Labute approximate surface area is 96.5 Å². The highest BCUT2D eigenvalue weighted by Crippen LogP contribution is 2.04. The third-order valence-corrected chi connectivity index (χ3v) is 2.27. The van der Waals surface area contributed by atoms with Crippen LogP contribution in [0.1, 0.15) is 5.89 Å². The fourth-order valence-corrected chi connectivity index (χ4v) is 1.49. The Morgan fingerprint density at radius 3 is 3.18 bits per heavy atom. The van der Waals surface area contributed by atoms with Crippen molar-refractivity contribution in [2.24, 2.45) is 0 Å². The van der Waals surface area contributed by atoms with Gasteiger partial charge in [-0.3, -0.25) is 0 Å². The van der Waals surface area contributed by atoms with Crippen molar-refractivity contribution in [1.29, 1.82) is 0 Å². The van der Waals surface area contributed by atoms with Crippen molar-refractivity contribution < 1.29 is 4.52 Å². The molecule has 0 spiro atoms. The summed E-state index contributed by atoms with van der Waals surface area (Å²) in [4.78, 5) is 8.23. The Bertz CT molecular complexity index is 569. The Morgan fingerprint density at radius 2 is 2.35 bits per heavy atom. The smallest absolute Gasteiger partial charge is 0.243 e. The van der Waals surface area contributed by atoms with Crippen molar-refractivity contribution in [3.8, 4) is 0 Å². The minimum absolute atomic E-state index is 0.593. The summed E-state index contributed by atoms with van der Waals surface area (Å²) in [5.74, 6) is 1.19. The lowest BCUT2D eigenvalue weighted by Crippen LogP contribution is -2.06. The second-order valence-electron chi connectivity index (χ2n) is 3.45. The zero-order valence-corrected chi connectivity index (χ0v) is 8.95. The minimum atomic E-state index is 0.593. The molecule has 7 heteroatoms. The summed E-state index contributed by atoms with van der Waals surface area (Å²) in [6, 6.07) is 5.73. The zero-order valence-electron chi connectivity index (χ0n) is 8.95. The van der Waals surface area contributed by atoms with E-state index in [0.717, 1.165) is 5.65 Å². The van der Waals surface area contributed by atoms with Gasteiger partial charge >= 0.3 is 0 Å². The molecule has 0 aromatic carbocycles. The van der Waals surface area contributed by atoms with Crippen LogP contribution in [0.25, 0.3) is 5.65 Å². The number of hydrogen-bond acceptors (Lipinski definition) is 6. The van der Waals surface area contributed by atoms with Crippen molar-refractivity contribution in [3.05, 3.63) is 36.6 Å². The van der Waals surface area contributed by atoms with E-state index in [1.165, 1.54) is 6.33 Å². The molecule has 0 aliphatic carbocycles. The highest BCUT2D eigenvalue weighted by atomic mass is 16.5. The summed E-state index contributed by atoms with van der Waals surface area (Å²) in [5.41, 5.74) is 0.813. The molecule has 3 aromatic heterocycles. The van der Waals surface area contributed by atoms with Crippen LogP contribution in [-0.2, 0) is 6.42 Å². The molecule has 0 saturated carbocycles. The van der Waals surface area contributed by atoms with Crippen molar-refractivity contribution in [1.82, 2.24) is 24.7 Å². The van der Waals surface area contributed by atoms with Gasteiger partial charge in [-0.05, 0) is 12.1 Å². The van der Waals surface area contributed by atoms with Crippen LogP contribution in [-0.4, -0.2) is 31.3 Å². The van der Waals surface area contributed by atoms with Crippen molar-refractivity contribution in [2.45, 2.75) is 6.42 Å². The van der Waals surface area contributed by atoms with Crippen molar-refractivity contribution >= 4 is 11.6 Å². The van der Waals surface area contributed by atoms with Crippen LogP contribution in [0.3, 0.4) is 0 Å². The number of nitrogens with zero attached hydrogens (tertiary/aromatic N) is 5. The van der Waals surface area contributed by atoms with E-state index < -0.39 is 0 Å². The van der Waals surface area contributed by atoms with Gasteiger partial charge in [0, 0.05) is 19.2 Å². The molecular weight excluding hydrogens is 220 g/mol. The number of nitrogens with one attached hydrogen (secondary N) is 1. The summed E-state index contributed by atoms with van der Waals surface area (Å²) in [6.07, 6.45) is 3.89. The van der Waals surface area contributed by atoms with Crippen LogP contribution >= 0.6 is 0 Å². The average molecular weight is 230 g/mol. The first kappa shape index (κ1) is 9.76. The van der Waals surface area contributed by atoms with Gasteiger partial charge in [0.2, 0.25) is 11.8 Å². The minimum Gasteiger partial charge on any atom is -0.352 e. The SMILES string of the molecule is c1ccn2nc(NCCc3ncno3)nc2c1. The molecule has 0 aliphatic rings. The second-order valence-corrected chi connectivity index (χ2v) is 3.45. The maximum Gasteiger partial charge on any atom is 0.243 e. The molecular formula is C10H10N6O. The third-order valence-electron chi connectivity index (χ3n) is 2.27. The molecule has 0 aliphatic heterocycles. The van der Waals surface area contributed by atoms with E-state index in [9.17, 15) is 0 Å². The van der Waals surface area contributed by atoms with Gasteiger partial charge in [0.05, 0.1) is 0 Å². The Balaban J connectivity index is 1.65. The normalized spacial score (nSPS) is 10.8. The molecule has 0 saturated heterocycles. The van der Waals surface area contributed by atoms with Gasteiger partial charge in [0.15, 0.2) is 12.0 Å². The fraction of sp³-hybridized carbons (Fsp3) is 0.200. The topological polar surface area (TPSA) is 81.1 Å². The zero-order chi connectivity index (χ0) is 11.5. The molecule has 3 rings (SSSR count). The summed E-state index contributed by atoms with van der Waals surface area (Å²) in [5, 5.41) is 10.9. The number of pyridine rings is 1. The van der Waals surface area contributed by atoms with Gasteiger partial charge < -0.3 is 9.84 Å². The first-order valence-corrected chi connectivity index (χ1v) is 5.23. The maximum atomic E-state index is 4.88. The van der Waals surface area contributed by atoms with Crippen molar-refractivity contribution in [2.75, 3.05) is 11.9 Å². The molecule has 17 heavy (non-hydrogen) atoms. The van der Waals surface area contributed by atoms with Gasteiger partial charge in [-0.1, -0.05) is 11.2 Å². The van der Waals surface area contributed by atoms with Crippen LogP contribution in [0.4, 0.5) is 5.95 Å². The number of rotatable bonds is 4. The number of aromatic nitrogens is 5. The van der Waals surface area contributed by atoms with Crippen LogP contribution in [0, 0.1) is 0 Å². The summed E-state index contributed by atoms with van der Waals surface area (Å²) >= 11 is 0. The van der Waals surface area contributed by atoms with Crippen molar-refractivity contribution in [3.63, 3.8) is 0 Å². The van der Waals surface area contributed by atoms with E-state index in [0.29, 0.717) is 24.8 Å². The monoisotopic (exact) mass is 230 g/mol. The molecule has 0 fully saturated rings.